The highest BCUT2D eigenvalue weighted by Gasteiger charge is 2.31. The molecule has 0 aromatic heterocycles. The van der Waals surface area contributed by atoms with Crippen molar-refractivity contribution in [2.45, 2.75) is 12.9 Å². The molecule has 1 rings (SSSR count). The maximum Gasteiger partial charge on any atom is 0.573 e. The number of halogens is 4. The molecule has 0 bridgehead atoms. The number of hydrogen-bond acceptors (Lipinski definition) is 3. The Morgan fingerprint density at radius 3 is 2.62 bits per heavy atom. The van der Waals surface area contributed by atoms with Crippen LogP contribution in [0.4, 0.5) is 13.2 Å². The number of nitrogens with zero attached hydrogens (tertiary/aromatic N) is 1. The van der Waals surface area contributed by atoms with Gasteiger partial charge in [0.25, 0.3) is 0 Å². The average molecular weight is 252 g/mol. The second-order valence-corrected chi connectivity index (χ2v) is 3.13. The SMILES string of the molecule is O=C=NCc1ccc(OC(F)(F)F)c(Cl)c1. The third-order valence-electron chi connectivity index (χ3n) is 1.55. The van der Waals surface area contributed by atoms with Gasteiger partial charge in [-0.3, -0.25) is 0 Å². The van der Waals surface area contributed by atoms with Crippen molar-refractivity contribution in [2.75, 3.05) is 0 Å². The number of rotatable bonds is 3. The van der Waals surface area contributed by atoms with Crippen LogP contribution in [0.5, 0.6) is 5.75 Å². The second kappa shape index (κ2) is 5.01. The zero-order valence-electron chi connectivity index (χ0n) is 7.71. The Hall–Kier alpha value is -1.52. The van der Waals surface area contributed by atoms with E-state index in [1.165, 1.54) is 18.2 Å². The number of benzene rings is 1. The number of hydrogen-bond donors (Lipinski definition) is 0. The van der Waals surface area contributed by atoms with Gasteiger partial charge in [-0.1, -0.05) is 17.7 Å². The summed E-state index contributed by atoms with van der Waals surface area (Å²) in [5, 5.41) is -0.198. The molecule has 0 spiro atoms. The van der Waals surface area contributed by atoms with E-state index in [1.807, 2.05) is 0 Å². The Kier molecular flexibility index (Phi) is 3.93. The maximum absolute atomic E-state index is 11.9. The lowest BCUT2D eigenvalue weighted by Gasteiger charge is -2.10. The predicted molar refractivity (Wildman–Crippen MR) is 50.0 cm³/mol. The van der Waals surface area contributed by atoms with Crippen LogP contribution in [0.25, 0.3) is 0 Å². The molecule has 0 aliphatic rings. The summed E-state index contributed by atoms with van der Waals surface area (Å²) in [6.07, 6.45) is -3.48. The van der Waals surface area contributed by atoms with Gasteiger partial charge >= 0.3 is 6.36 Å². The number of isocyanates is 1. The fourth-order valence-electron chi connectivity index (χ4n) is 0.974. The first-order valence-corrected chi connectivity index (χ1v) is 4.38. The summed E-state index contributed by atoms with van der Waals surface area (Å²) in [7, 11) is 0. The van der Waals surface area contributed by atoms with Gasteiger partial charge in [0, 0.05) is 0 Å². The van der Waals surface area contributed by atoms with Crippen molar-refractivity contribution in [3.05, 3.63) is 28.8 Å². The van der Waals surface area contributed by atoms with Crippen LogP contribution in [0.2, 0.25) is 5.02 Å². The van der Waals surface area contributed by atoms with E-state index in [0.717, 1.165) is 6.07 Å². The summed E-state index contributed by atoms with van der Waals surface area (Å²) in [5.74, 6) is -0.493. The molecule has 0 unspecified atom stereocenters. The molecular weight excluding hydrogens is 247 g/mol. The highest BCUT2D eigenvalue weighted by Crippen LogP contribution is 2.30. The molecule has 0 saturated carbocycles. The third-order valence-corrected chi connectivity index (χ3v) is 1.84. The minimum Gasteiger partial charge on any atom is -0.404 e. The van der Waals surface area contributed by atoms with Crippen molar-refractivity contribution in [1.82, 2.24) is 0 Å². The fraction of sp³-hybridized carbons (Fsp3) is 0.222. The van der Waals surface area contributed by atoms with Gasteiger partial charge in [-0.05, 0) is 17.7 Å². The van der Waals surface area contributed by atoms with Crippen molar-refractivity contribution in [1.29, 1.82) is 0 Å². The molecule has 86 valence electrons. The van der Waals surface area contributed by atoms with Crippen molar-refractivity contribution >= 4 is 17.7 Å². The molecule has 0 fully saturated rings. The Bertz CT molecular complexity index is 427. The van der Waals surface area contributed by atoms with Crippen LogP contribution >= 0.6 is 11.6 Å². The monoisotopic (exact) mass is 251 g/mol. The average Bonchev–Trinajstić information content (AvgIpc) is 2.17. The van der Waals surface area contributed by atoms with Crippen LogP contribution in [0.1, 0.15) is 5.56 Å². The van der Waals surface area contributed by atoms with Gasteiger partial charge in [-0.25, -0.2) is 9.79 Å². The van der Waals surface area contributed by atoms with Gasteiger partial charge in [0.2, 0.25) is 6.08 Å². The quantitative estimate of drug-likeness (QED) is 0.612. The molecule has 3 nitrogen and oxygen atoms in total. The first-order chi connectivity index (χ1) is 7.42. The number of ether oxygens (including phenoxy) is 1. The second-order valence-electron chi connectivity index (χ2n) is 2.72. The third kappa shape index (κ3) is 3.92. The summed E-state index contributed by atoms with van der Waals surface area (Å²) in [6, 6.07) is 3.63. The lowest BCUT2D eigenvalue weighted by Crippen LogP contribution is -2.17. The molecule has 0 saturated heterocycles. The summed E-state index contributed by atoms with van der Waals surface area (Å²) in [4.78, 5) is 13.1. The summed E-state index contributed by atoms with van der Waals surface area (Å²) < 4.78 is 39.3. The summed E-state index contributed by atoms with van der Waals surface area (Å²) in [5.41, 5.74) is 0.489. The Morgan fingerprint density at radius 1 is 1.44 bits per heavy atom. The Labute approximate surface area is 93.5 Å². The van der Waals surface area contributed by atoms with E-state index in [0.29, 0.717) is 5.56 Å². The number of alkyl halides is 3. The molecule has 0 radical (unpaired) electrons. The first-order valence-electron chi connectivity index (χ1n) is 4.00. The molecule has 1 aromatic rings. The van der Waals surface area contributed by atoms with E-state index in [1.54, 1.807) is 0 Å². The number of aliphatic imine (C=N–C) groups is 1. The standard InChI is InChI=1S/C9H5ClF3NO2/c10-7-3-6(4-14-5-15)1-2-8(7)16-9(11,12)13/h1-3H,4H2. The van der Waals surface area contributed by atoms with Crippen molar-refractivity contribution < 1.29 is 22.7 Å². The van der Waals surface area contributed by atoms with Crippen LogP contribution < -0.4 is 4.74 Å². The molecule has 0 N–H and O–H groups in total. The summed E-state index contributed by atoms with van der Waals surface area (Å²) in [6.45, 7) is 0.00944. The maximum atomic E-state index is 11.9. The smallest absolute Gasteiger partial charge is 0.404 e. The van der Waals surface area contributed by atoms with Gasteiger partial charge in [0.1, 0.15) is 5.75 Å². The van der Waals surface area contributed by atoms with Crippen molar-refractivity contribution in [3.63, 3.8) is 0 Å². The van der Waals surface area contributed by atoms with E-state index in [4.69, 9.17) is 11.6 Å². The normalized spacial score (nSPS) is 10.8. The zero-order valence-corrected chi connectivity index (χ0v) is 8.47. The van der Waals surface area contributed by atoms with Crippen LogP contribution in [-0.2, 0) is 11.3 Å². The Balaban J connectivity index is 2.87. The molecule has 0 aliphatic heterocycles. The predicted octanol–water partition coefficient (Wildman–Crippen LogP) is 3.07. The minimum absolute atomic E-state index is 0.00944. The van der Waals surface area contributed by atoms with E-state index >= 15 is 0 Å². The molecule has 0 heterocycles. The largest absolute Gasteiger partial charge is 0.573 e. The van der Waals surface area contributed by atoms with E-state index in [-0.39, 0.29) is 11.6 Å². The van der Waals surface area contributed by atoms with Crippen molar-refractivity contribution in [3.8, 4) is 5.75 Å². The lowest BCUT2D eigenvalue weighted by atomic mass is 10.2. The molecular formula is C9H5ClF3NO2. The Morgan fingerprint density at radius 2 is 2.12 bits per heavy atom. The van der Waals surface area contributed by atoms with Gasteiger partial charge in [0.05, 0.1) is 11.6 Å². The van der Waals surface area contributed by atoms with E-state index < -0.39 is 12.1 Å². The van der Waals surface area contributed by atoms with Crippen LogP contribution in [-0.4, -0.2) is 12.4 Å². The highest BCUT2D eigenvalue weighted by atomic mass is 35.5. The highest BCUT2D eigenvalue weighted by molar-refractivity contribution is 6.32. The molecule has 0 aliphatic carbocycles. The molecule has 0 atom stereocenters. The van der Waals surface area contributed by atoms with Crippen LogP contribution in [0, 0.1) is 0 Å². The van der Waals surface area contributed by atoms with Gasteiger partial charge in [-0.2, -0.15) is 0 Å². The topological polar surface area (TPSA) is 38.7 Å². The fourth-order valence-corrected chi connectivity index (χ4v) is 1.22. The lowest BCUT2D eigenvalue weighted by molar-refractivity contribution is -0.274. The molecule has 0 amide bonds. The van der Waals surface area contributed by atoms with Crippen LogP contribution in [0.15, 0.2) is 23.2 Å². The summed E-state index contributed by atoms with van der Waals surface area (Å²) >= 11 is 5.55. The van der Waals surface area contributed by atoms with Gasteiger partial charge in [-0.15, -0.1) is 13.2 Å². The first kappa shape index (κ1) is 12.5. The molecule has 1 aromatic carbocycles. The zero-order chi connectivity index (χ0) is 12.2. The van der Waals surface area contributed by atoms with Crippen molar-refractivity contribution in [2.24, 2.45) is 4.99 Å². The minimum atomic E-state index is -4.79. The van der Waals surface area contributed by atoms with E-state index in [9.17, 15) is 18.0 Å². The van der Waals surface area contributed by atoms with E-state index in [2.05, 4.69) is 9.73 Å². The van der Waals surface area contributed by atoms with Gasteiger partial charge < -0.3 is 4.74 Å². The van der Waals surface area contributed by atoms with Crippen LogP contribution in [0.3, 0.4) is 0 Å². The number of carbonyl (C=O) groups excluding carboxylic acids is 1. The molecule has 16 heavy (non-hydrogen) atoms. The van der Waals surface area contributed by atoms with Gasteiger partial charge in [0.15, 0.2) is 0 Å². The molecule has 7 heteroatoms.